The van der Waals surface area contributed by atoms with Crippen LogP contribution in [0.2, 0.25) is 0 Å². The number of benzene rings is 1. The zero-order valence-corrected chi connectivity index (χ0v) is 12.9. The molecule has 3 rings (SSSR count). The van der Waals surface area contributed by atoms with Crippen LogP contribution in [0.5, 0.6) is 0 Å². The number of Topliss-reactive ketones (excluding diaryl/α,β-unsaturated/α-hetero) is 1. The molecule has 0 saturated heterocycles. The monoisotopic (exact) mass is 323 g/mol. The van der Waals surface area contributed by atoms with Crippen molar-refractivity contribution in [3.63, 3.8) is 0 Å². The fraction of sp³-hybridized carbons (Fsp3) is 0.0588. The number of pyridine rings is 1. The fourth-order valence-electron chi connectivity index (χ4n) is 2.39. The van der Waals surface area contributed by atoms with Crippen molar-refractivity contribution in [3.8, 4) is 0 Å². The summed E-state index contributed by atoms with van der Waals surface area (Å²) in [6, 6.07) is 8.01. The third kappa shape index (κ3) is 2.74. The van der Waals surface area contributed by atoms with Crippen molar-refractivity contribution in [2.45, 2.75) is 6.92 Å². The van der Waals surface area contributed by atoms with E-state index in [4.69, 9.17) is 15.9 Å². The molecule has 0 aliphatic rings. The van der Waals surface area contributed by atoms with Crippen molar-refractivity contribution in [1.82, 2.24) is 4.98 Å². The van der Waals surface area contributed by atoms with Crippen LogP contribution >= 0.6 is 0 Å². The van der Waals surface area contributed by atoms with E-state index in [0.29, 0.717) is 22.2 Å². The molecule has 0 saturated carbocycles. The second-order valence-corrected chi connectivity index (χ2v) is 5.20. The van der Waals surface area contributed by atoms with Crippen LogP contribution in [0.4, 0.5) is 0 Å². The normalized spacial score (nSPS) is 12.0. The van der Waals surface area contributed by atoms with Crippen molar-refractivity contribution in [2.75, 3.05) is 0 Å². The average Bonchev–Trinajstić information content (AvgIpc) is 2.99. The highest BCUT2D eigenvalue weighted by molar-refractivity contribution is 6.26. The first-order valence-electron chi connectivity index (χ1n) is 7.15. The van der Waals surface area contributed by atoms with E-state index >= 15 is 0 Å². The molecule has 2 heterocycles. The molecule has 7 heteroatoms. The number of hydrogen-bond donors (Lipinski definition) is 2. The highest BCUT2D eigenvalue weighted by atomic mass is 16.3. The van der Waals surface area contributed by atoms with Crippen LogP contribution in [-0.4, -0.2) is 16.7 Å². The van der Waals surface area contributed by atoms with Gasteiger partial charge in [0.15, 0.2) is 29.3 Å². The van der Waals surface area contributed by atoms with Crippen LogP contribution in [-0.2, 0) is 4.79 Å². The molecule has 0 spiro atoms. The molecule has 1 aromatic carbocycles. The SMILES string of the molecule is CC(=O)C(=C(N)c1nc2c[nH+]ccc2o1)c1ccc(C(N)=O)cc1. The van der Waals surface area contributed by atoms with E-state index in [1.807, 2.05) is 0 Å². The molecule has 24 heavy (non-hydrogen) atoms. The number of nitrogens with zero attached hydrogens (tertiary/aromatic N) is 1. The summed E-state index contributed by atoms with van der Waals surface area (Å²) in [4.78, 5) is 30.4. The third-order valence-electron chi connectivity index (χ3n) is 3.54. The molecule has 1 amide bonds. The standard InChI is InChI=1S/C17H14N4O3/c1-9(22)14(10-2-4-11(5-3-10)16(19)23)15(18)17-21-12-8-20-7-6-13(12)24-17/h2-8H,18H2,1H3,(H2,19,23)/p+1. The van der Waals surface area contributed by atoms with Gasteiger partial charge >= 0.3 is 0 Å². The number of nitrogens with two attached hydrogens (primary N) is 2. The van der Waals surface area contributed by atoms with Gasteiger partial charge in [-0.2, -0.15) is 0 Å². The smallest absolute Gasteiger partial charge is 0.248 e. The first-order valence-corrected chi connectivity index (χ1v) is 7.15. The van der Waals surface area contributed by atoms with Crippen LogP contribution in [0.3, 0.4) is 0 Å². The lowest BCUT2D eigenvalue weighted by Crippen LogP contribution is -2.11. The minimum atomic E-state index is -0.543. The Morgan fingerprint density at radius 3 is 2.33 bits per heavy atom. The number of oxazole rings is 1. The quantitative estimate of drug-likeness (QED) is 0.697. The molecule has 3 aromatic rings. The highest BCUT2D eigenvalue weighted by Crippen LogP contribution is 2.25. The minimum absolute atomic E-state index is 0.130. The molecule has 0 atom stereocenters. The molecular weight excluding hydrogens is 308 g/mol. The van der Waals surface area contributed by atoms with Gasteiger partial charge in [-0.3, -0.25) is 9.59 Å². The molecule has 0 aliphatic heterocycles. The Morgan fingerprint density at radius 1 is 1.08 bits per heavy atom. The van der Waals surface area contributed by atoms with Gasteiger partial charge in [-0.05, 0) is 24.6 Å². The average molecular weight is 323 g/mol. The zero-order valence-electron chi connectivity index (χ0n) is 12.9. The maximum Gasteiger partial charge on any atom is 0.248 e. The van der Waals surface area contributed by atoms with E-state index in [1.165, 1.54) is 19.1 Å². The summed E-state index contributed by atoms with van der Waals surface area (Å²) in [6.45, 7) is 1.40. The molecular formula is C17H15N4O3+. The molecule has 2 aromatic heterocycles. The maximum atomic E-state index is 12.1. The highest BCUT2D eigenvalue weighted by Gasteiger charge is 2.18. The zero-order chi connectivity index (χ0) is 17.3. The predicted molar refractivity (Wildman–Crippen MR) is 87.2 cm³/mol. The van der Waals surface area contributed by atoms with E-state index in [9.17, 15) is 9.59 Å². The van der Waals surface area contributed by atoms with E-state index in [2.05, 4.69) is 9.97 Å². The Kier molecular flexibility index (Phi) is 3.83. The van der Waals surface area contributed by atoms with Crippen LogP contribution in [0, 0.1) is 0 Å². The number of H-pyrrole nitrogens is 1. The van der Waals surface area contributed by atoms with E-state index in [1.54, 1.807) is 30.6 Å². The van der Waals surface area contributed by atoms with Crippen LogP contribution < -0.4 is 16.5 Å². The predicted octanol–water partition coefficient (Wildman–Crippen LogP) is 1.16. The van der Waals surface area contributed by atoms with Gasteiger partial charge in [0.25, 0.3) is 0 Å². The molecule has 0 radical (unpaired) electrons. The van der Waals surface area contributed by atoms with Gasteiger partial charge in [-0.15, -0.1) is 0 Å². The summed E-state index contributed by atoms with van der Waals surface area (Å²) < 4.78 is 5.60. The summed E-state index contributed by atoms with van der Waals surface area (Å²) in [5.74, 6) is -0.625. The molecule has 0 aliphatic carbocycles. The molecule has 0 unspecified atom stereocenters. The molecule has 0 fully saturated rings. The summed E-state index contributed by atoms with van der Waals surface area (Å²) in [5, 5.41) is 0. The molecule has 7 nitrogen and oxygen atoms in total. The first kappa shape index (κ1) is 15.4. The van der Waals surface area contributed by atoms with Crippen LogP contribution in [0.15, 0.2) is 47.1 Å². The number of rotatable bonds is 4. The Labute approximate surface area is 137 Å². The minimum Gasteiger partial charge on any atom is -0.434 e. The molecule has 0 bridgehead atoms. The lowest BCUT2D eigenvalue weighted by Gasteiger charge is -2.08. The molecule has 5 N–H and O–H groups in total. The summed E-state index contributed by atoms with van der Waals surface area (Å²) in [7, 11) is 0. The number of carbonyl (C=O) groups excluding carboxylic acids is 2. The second-order valence-electron chi connectivity index (χ2n) is 5.20. The summed E-state index contributed by atoms with van der Waals surface area (Å²) in [6.07, 6.45) is 3.37. The number of aromatic nitrogens is 2. The number of nitrogens with one attached hydrogen (secondary N) is 1. The molecule has 120 valence electrons. The largest absolute Gasteiger partial charge is 0.434 e. The fourth-order valence-corrected chi connectivity index (χ4v) is 2.39. The number of primary amides is 1. The number of allylic oxidation sites excluding steroid dienone is 1. The first-order chi connectivity index (χ1) is 11.5. The third-order valence-corrected chi connectivity index (χ3v) is 3.54. The van der Waals surface area contributed by atoms with Gasteiger partial charge in [-0.25, -0.2) is 9.97 Å². The van der Waals surface area contributed by atoms with Crippen molar-refractivity contribution < 1.29 is 19.0 Å². The van der Waals surface area contributed by atoms with E-state index in [0.717, 1.165) is 0 Å². The van der Waals surface area contributed by atoms with Crippen molar-refractivity contribution in [2.24, 2.45) is 11.5 Å². The number of carbonyl (C=O) groups is 2. The Balaban J connectivity index is 2.13. The Hall–Kier alpha value is -3.48. The van der Waals surface area contributed by atoms with Gasteiger partial charge < -0.3 is 15.9 Å². The lowest BCUT2D eigenvalue weighted by atomic mass is 9.99. The number of aromatic amines is 1. The number of ketones is 1. The van der Waals surface area contributed by atoms with E-state index in [-0.39, 0.29) is 22.9 Å². The van der Waals surface area contributed by atoms with Crippen molar-refractivity contribution >= 4 is 34.1 Å². The van der Waals surface area contributed by atoms with Gasteiger partial charge in [0.05, 0.1) is 5.57 Å². The van der Waals surface area contributed by atoms with Gasteiger partial charge in [0.2, 0.25) is 11.8 Å². The van der Waals surface area contributed by atoms with Crippen LogP contribution in [0.1, 0.15) is 28.7 Å². The topological polar surface area (TPSA) is 126 Å². The number of hydrogen-bond acceptors (Lipinski definition) is 5. The van der Waals surface area contributed by atoms with Gasteiger partial charge in [-0.1, -0.05) is 12.1 Å². The number of amides is 1. The van der Waals surface area contributed by atoms with Crippen molar-refractivity contribution in [1.29, 1.82) is 0 Å². The number of fused-ring (bicyclic) bond motifs is 1. The van der Waals surface area contributed by atoms with Crippen LogP contribution in [0.25, 0.3) is 22.4 Å². The summed E-state index contributed by atoms with van der Waals surface area (Å²) in [5.41, 5.74) is 13.8. The Bertz CT molecular complexity index is 938. The van der Waals surface area contributed by atoms with Crippen molar-refractivity contribution in [3.05, 3.63) is 59.7 Å². The lowest BCUT2D eigenvalue weighted by molar-refractivity contribution is -0.376. The van der Waals surface area contributed by atoms with Gasteiger partial charge in [0, 0.05) is 11.6 Å². The maximum absolute atomic E-state index is 12.1. The second kappa shape index (κ2) is 5.96. The van der Waals surface area contributed by atoms with Gasteiger partial charge in [0.1, 0.15) is 5.70 Å². The van der Waals surface area contributed by atoms with E-state index < -0.39 is 5.91 Å². The Morgan fingerprint density at radius 2 is 1.75 bits per heavy atom. The summed E-state index contributed by atoms with van der Waals surface area (Å²) >= 11 is 0.